The highest BCUT2D eigenvalue weighted by molar-refractivity contribution is 6.35. The number of rotatable bonds is 2. The number of nitrogens with one attached hydrogen (secondary N) is 1. The Labute approximate surface area is 177 Å². The van der Waals surface area contributed by atoms with Crippen molar-refractivity contribution in [2.45, 2.75) is 18.4 Å². The first-order valence-corrected chi connectivity index (χ1v) is 9.86. The molecular formula is C21H16Cl2N4O2. The van der Waals surface area contributed by atoms with Crippen LogP contribution in [0.1, 0.15) is 23.1 Å². The molecule has 5 rings (SSSR count). The third-order valence-corrected chi connectivity index (χ3v) is 6.39. The third kappa shape index (κ3) is 2.46. The van der Waals surface area contributed by atoms with E-state index in [-0.39, 0.29) is 18.2 Å². The Hall–Kier alpha value is -2.83. The van der Waals surface area contributed by atoms with Gasteiger partial charge in [-0.25, -0.2) is 4.68 Å². The van der Waals surface area contributed by atoms with Gasteiger partial charge in [0.15, 0.2) is 0 Å². The molecule has 0 aliphatic carbocycles. The standard InChI is InChI=1S/C21H16Cl2N4O2/c1-26-18-13(6-4-8-16(18)23)21(20(26)29)9-17(28)25-19-14(21)10-24-27(19)11-12-5-2-3-7-15(12)22/h2-8,10H,9,11H2,1H3,(H,25,28)/t21-/m1/s1. The summed E-state index contributed by atoms with van der Waals surface area (Å²) >= 11 is 12.7. The van der Waals surface area contributed by atoms with Crippen LogP contribution in [-0.2, 0) is 21.5 Å². The SMILES string of the molecule is CN1C(=O)[C@]2(CC(=O)Nc3c2cnn3Cc2ccccc2Cl)c2cccc(Cl)c21. The molecule has 1 aromatic heterocycles. The molecule has 8 heteroatoms. The Kier molecular flexibility index (Phi) is 3.98. The second-order valence-corrected chi connectivity index (χ2v) is 8.10. The first kappa shape index (κ1) is 18.2. The minimum atomic E-state index is -1.13. The number of halogens is 2. The summed E-state index contributed by atoms with van der Waals surface area (Å²) < 4.78 is 1.67. The van der Waals surface area contributed by atoms with E-state index in [4.69, 9.17) is 23.2 Å². The Balaban J connectivity index is 1.70. The van der Waals surface area contributed by atoms with Gasteiger partial charge in [0.2, 0.25) is 11.8 Å². The molecule has 2 aliphatic heterocycles. The zero-order valence-electron chi connectivity index (χ0n) is 15.4. The molecule has 1 atom stereocenters. The number of nitrogens with zero attached hydrogens (tertiary/aromatic N) is 3. The van der Waals surface area contributed by atoms with Crippen LogP contribution in [0.4, 0.5) is 11.5 Å². The summed E-state index contributed by atoms with van der Waals surface area (Å²) in [6, 6.07) is 12.9. The molecule has 0 radical (unpaired) electrons. The maximum atomic E-state index is 13.5. The molecule has 0 saturated heterocycles. The van der Waals surface area contributed by atoms with E-state index in [9.17, 15) is 9.59 Å². The lowest BCUT2D eigenvalue weighted by atomic mass is 9.72. The number of benzene rings is 2. The van der Waals surface area contributed by atoms with Crippen molar-refractivity contribution in [3.8, 4) is 0 Å². The Bertz CT molecular complexity index is 1190. The fraction of sp³-hybridized carbons (Fsp3) is 0.190. The molecule has 1 N–H and O–H groups in total. The second-order valence-electron chi connectivity index (χ2n) is 7.29. The maximum Gasteiger partial charge on any atom is 0.242 e. The van der Waals surface area contributed by atoms with Crippen molar-refractivity contribution in [1.82, 2.24) is 9.78 Å². The van der Waals surface area contributed by atoms with Crippen molar-refractivity contribution in [2.75, 3.05) is 17.3 Å². The molecule has 1 spiro atoms. The number of amides is 2. The van der Waals surface area contributed by atoms with Gasteiger partial charge in [0.1, 0.15) is 11.2 Å². The Morgan fingerprint density at radius 1 is 1.07 bits per heavy atom. The molecule has 2 amide bonds. The number of para-hydroxylation sites is 1. The number of hydrogen-bond donors (Lipinski definition) is 1. The third-order valence-electron chi connectivity index (χ3n) is 5.71. The average Bonchev–Trinajstić information content (AvgIpc) is 3.18. The topological polar surface area (TPSA) is 67.2 Å². The minimum absolute atomic E-state index is 0.00824. The number of hydrogen-bond acceptors (Lipinski definition) is 3. The first-order valence-electron chi connectivity index (χ1n) is 9.10. The van der Waals surface area contributed by atoms with Crippen molar-refractivity contribution in [3.05, 3.63) is 75.4 Å². The molecule has 146 valence electrons. The van der Waals surface area contributed by atoms with Crippen molar-refractivity contribution in [1.29, 1.82) is 0 Å². The zero-order chi connectivity index (χ0) is 20.3. The van der Waals surface area contributed by atoms with Crippen LogP contribution in [0.5, 0.6) is 0 Å². The number of fused-ring (bicyclic) bond motifs is 4. The second kappa shape index (κ2) is 6.34. The van der Waals surface area contributed by atoms with E-state index in [1.807, 2.05) is 24.3 Å². The molecular weight excluding hydrogens is 411 g/mol. The summed E-state index contributed by atoms with van der Waals surface area (Å²) in [5.41, 5.74) is 1.77. The fourth-order valence-electron chi connectivity index (χ4n) is 4.38. The molecule has 2 aliphatic rings. The van der Waals surface area contributed by atoms with Gasteiger partial charge in [0.25, 0.3) is 0 Å². The van der Waals surface area contributed by atoms with E-state index in [1.165, 1.54) is 4.90 Å². The molecule has 3 aromatic rings. The Morgan fingerprint density at radius 3 is 2.62 bits per heavy atom. The molecule has 6 nitrogen and oxygen atoms in total. The number of anilines is 2. The quantitative estimate of drug-likeness (QED) is 0.676. The van der Waals surface area contributed by atoms with E-state index < -0.39 is 5.41 Å². The Morgan fingerprint density at radius 2 is 1.83 bits per heavy atom. The monoisotopic (exact) mass is 426 g/mol. The molecule has 29 heavy (non-hydrogen) atoms. The largest absolute Gasteiger partial charge is 0.313 e. The van der Waals surface area contributed by atoms with Crippen LogP contribution in [0.3, 0.4) is 0 Å². The predicted molar refractivity (Wildman–Crippen MR) is 112 cm³/mol. The molecule has 0 bridgehead atoms. The predicted octanol–water partition coefficient (Wildman–Crippen LogP) is 3.84. The normalized spacial score (nSPS) is 20.0. The molecule has 3 heterocycles. The lowest BCUT2D eigenvalue weighted by Gasteiger charge is -2.32. The van der Waals surface area contributed by atoms with E-state index in [0.717, 1.165) is 11.1 Å². The maximum absolute atomic E-state index is 13.5. The van der Waals surface area contributed by atoms with E-state index in [0.29, 0.717) is 33.7 Å². The number of aromatic nitrogens is 2. The highest BCUT2D eigenvalue weighted by atomic mass is 35.5. The van der Waals surface area contributed by atoms with Gasteiger partial charge in [-0.05, 0) is 23.3 Å². The van der Waals surface area contributed by atoms with Crippen molar-refractivity contribution >= 4 is 46.5 Å². The van der Waals surface area contributed by atoms with Crippen molar-refractivity contribution in [3.63, 3.8) is 0 Å². The highest BCUT2D eigenvalue weighted by Gasteiger charge is 2.56. The average molecular weight is 427 g/mol. The lowest BCUT2D eigenvalue weighted by molar-refractivity contribution is -0.126. The van der Waals surface area contributed by atoms with Crippen LogP contribution in [0.15, 0.2) is 48.7 Å². The summed E-state index contributed by atoms with van der Waals surface area (Å²) in [5, 5.41) is 8.47. The first-order chi connectivity index (χ1) is 13.9. The van der Waals surface area contributed by atoms with Gasteiger partial charge in [-0.15, -0.1) is 0 Å². The molecule has 0 fully saturated rings. The van der Waals surface area contributed by atoms with Crippen LogP contribution in [0.2, 0.25) is 10.0 Å². The van der Waals surface area contributed by atoms with E-state index >= 15 is 0 Å². The molecule has 0 saturated carbocycles. The van der Waals surface area contributed by atoms with Crippen LogP contribution in [0.25, 0.3) is 0 Å². The summed E-state index contributed by atoms with van der Waals surface area (Å²) in [5.74, 6) is 0.0812. The summed E-state index contributed by atoms with van der Waals surface area (Å²) in [4.78, 5) is 27.7. The summed E-state index contributed by atoms with van der Waals surface area (Å²) in [6.07, 6.45) is 1.67. The smallest absolute Gasteiger partial charge is 0.242 e. The highest BCUT2D eigenvalue weighted by Crippen LogP contribution is 2.53. The molecule has 2 aromatic carbocycles. The van der Waals surface area contributed by atoms with Crippen molar-refractivity contribution in [2.24, 2.45) is 0 Å². The van der Waals surface area contributed by atoms with Crippen LogP contribution in [-0.4, -0.2) is 28.6 Å². The number of carbonyl (C=O) groups excluding carboxylic acids is 2. The van der Waals surface area contributed by atoms with Crippen LogP contribution < -0.4 is 10.2 Å². The van der Waals surface area contributed by atoms with Gasteiger partial charge in [-0.2, -0.15) is 5.10 Å². The van der Waals surface area contributed by atoms with Gasteiger partial charge < -0.3 is 10.2 Å². The summed E-state index contributed by atoms with van der Waals surface area (Å²) in [6.45, 7) is 0.373. The van der Waals surface area contributed by atoms with Gasteiger partial charge in [0.05, 0.1) is 23.5 Å². The minimum Gasteiger partial charge on any atom is -0.313 e. The lowest BCUT2D eigenvalue weighted by Crippen LogP contribution is -2.45. The van der Waals surface area contributed by atoms with E-state index in [2.05, 4.69) is 10.4 Å². The van der Waals surface area contributed by atoms with Crippen LogP contribution >= 0.6 is 23.2 Å². The zero-order valence-corrected chi connectivity index (χ0v) is 17.0. The number of carbonyl (C=O) groups is 2. The number of likely N-dealkylation sites (N-methyl/N-ethyl adjacent to an activating group) is 1. The van der Waals surface area contributed by atoms with Gasteiger partial charge >= 0.3 is 0 Å². The summed E-state index contributed by atoms with van der Waals surface area (Å²) in [7, 11) is 1.68. The van der Waals surface area contributed by atoms with Gasteiger partial charge in [-0.1, -0.05) is 53.5 Å². The van der Waals surface area contributed by atoms with Gasteiger partial charge in [-0.3, -0.25) is 9.59 Å². The van der Waals surface area contributed by atoms with Crippen LogP contribution in [0, 0.1) is 0 Å². The van der Waals surface area contributed by atoms with Gasteiger partial charge in [0, 0.05) is 24.1 Å². The van der Waals surface area contributed by atoms with Crippen molar-refractivity contribution < 1.29 is 9.59 Å². The fourth-order valence-corrected chi connectivity index (χ4v) is 4.88. The molecule has 0 unspecified atom stereocenters. The van der Waals surface area contributed by atoms with E-state index in [1.54, 1.807) is 36.1 Å².